The van der Waals surface area contributed by atoms with Crippen molar-refractivity contribution in [2.75, 3.05) is 0 Å². The minimum Gasteiger partial charge on any atom is -0.352 e. The van der Waals surface area contributed by atoms with Crippen molar-refractivity contribution >= 4 is 11.8 Å². The van der Waals surface area contributed by atoms with E-state index in [1.807, 2.05) is 26.0 Å². The molecule has 4 nitrogen and oxygen atoms in total. The third-order valence-corrected chi connectivity index (χ3v) is 5.91. The standard InChI is InChI=1S/C27H37FN2O2/c1-7-19(2)29-26(32)20(3)30(18-22-10-8-9-11-24(22)28)25(31)17-14-21-12-15-23(16-13-21)27(4,5)6/h8-13,15-16,19-20H,7,14,17-18H2,1-6H3,(H,29,32)/t19-,20+/m0/s1. The number of hydrogen-bond donors (Lipinski definition) is 1. The zero-order valence-electron chi connectivity index (χ0n) is 20.2. The van der Waals surface area contributed by atoms with Gasteiger partial charge in [0.15, 0.2) is 0 Å². The van der Waals surface area contributed by atoms with Crippen LogP contribution in [0.25, 0.3) is 0 Å². The molecule has 2 atom stereocenters. The molecular weight excluding hydrogens is 403 g/mol. The number of rotatable bonds is 9. The topological polar surface area (TPSA) is 49.4 Å². The lowest BCUT2D eigenvalue weighted by Crippen LogP contribution is -2.49. The smallest absolute Gasteiger partial charge is 0.242 e. The summed E-state index contributed by atoms with van der Waals surface area (Å²) in [6.45, 7) is 12.2. The van der Waals surface area contributed by atoms with Crippen LogP contribution >= 0.6 is 0 Å². The second-order valence-corrected chi connectivity index (χ2v) is 9.55. The Morgan fingerprint density at radius 1 is 1.03 bits per heavy atom. The first-order valence-corrected chi connectivity index (χ1v) is 11.5. The zero-order valence-corrected chi connectivity index (χ0v) is 20.2. The summed E-state index contributed by atoms with van der Waals surface area (Å²) in [6.07, 6.45) is 1.62. The summed E-state index contributed by atoms with van der Waals surface area (Å²) in [4.78, 5) is 27.4. The maximum Gasteiger partial charge on any atom is 0.242 e. The lowest BCUT2D eigenvalue weighted by Gasteiger charge is -2.30. The Morgan fingerprint density at radius 3 is 2.22 bits per heavy atom. The Balaban J connectivity index is 2.15. The van der Waals surface area contributed by atoms with Crippen molar-refractivity contribution in [3.63, 3.8) is 0 Å². The Labute approximate surface area is 192 Å². The van der Waals surface area contributed by atoms with Crippen LogP contribution in [0.15, 0.2) is 48.5 Å². The molecular formula is C27H37FN2O2. The van der Waals surface area contributed by atoms with Crippen molar-refractivity contribution in [2.24, 2.45) is 0 Å². The van der Waals surface area contributed by atoms with Gasteiger partial charge in [0.1, 0.15) is 11.9 Å². The van der Waals surface area contributed by atoms with Gasteiger partial charge in [-0.1, -0.05) is 70.2 Å². The zero-order chi connectivity index (χ0) is 23.9. The molecule has 5 heteroatoms. The maximum absolute atomic E-state index is 14.3. The van der Waals surface area contributed by atoms with Crippen LogP contribution in [0.3, 0.4) is 0 Å². The molecule has 32 heavy (non-hydrogen) atoms. The van der Waals surface area contributed by atoms with Crippen LogP contribution in [-0.2, 0) is 28.0 Å². The monoisotopic (exact) mass is 440 g/mol. The van der Waals surface area contributed by atoms with E-state index >= 15 is 0 Å². The normalized spacial score (nSPS) is 13.3. The van der Waals surface area contributed by atoms with E-state index in [2.05, 4.69) is 38.2 Å². The molecule has 0 aromatic heterocycles. The van der Waals surface area contributed by atoms with Gasteiger partial charge in [0.05, 0.1) is 0 Å². The Bertz CT molecular complexity index is 903. The summed E-state index contributed by atoms with van der Waals surface area (Å²) in [5, 5.41) is 2.93. The second kappa shape index (κ2) is 11.3. The highest BCUT2D eigenvalue weighted by Crippen LogP contribution is 2.23. The molecule has 0 aliphatic rings. The molecule has 0 unspecified atom stereocenters. The second-order valence-electron chi connectivity index (χ2n) is 9.55. The average Bonchev–Trinajstić information content (AvgIpc) is 2.76. The number of aryl methyl sites for hydroxylation is 1. The van der Waals surface area contributed by atoms with Gasteiger partial charge in [0.2, 0.25) is 11.8 Å². The van der Waals surface area contributed by atoms with Crippen molar-refractivity contribution in [1.82, 2.24) is 10.2 Å². The number of carbonyl (C=O) groups excluding carboxylic acids is 2. The maximum atomic E-state index is 14.3. The van der Waals surface area contributed by atoms with E-state index in [0.29, 0.717) is 12.0 Å². The highest BCUT2D eigenvalue weighted by molar-refractivity contribution is 5.87. The van der Waals surface area contributed by atoms with Gasteiger partial charge in [-0.15, -0.1) is 0 Å². The Kier molecular flexibility index (Phi) is 8.99. The van der Waals surface area contributed by atoms with E-state index in [0.717, 1.165) is 12.0 Å². The molecule has 0 aliphatic carbocycles. The number of hydrogen-bond acceptors (Lipinski definition) is 2. The highest BCUT2D eigenvalue weighted by Gasteiger charge is 2.27. The summed E-state index contributed by atoms with van der Waals surface area (Å²) in [5.74, 6) is -0.767. The summed E-state index contributed by atoms with van der Waals surface area (Å²) < 4.78 is 14.3. The highest BCUT2D eigenvalue weighted by atomic mass is 19.1. The predicted octanol–water partition coefficient (Wildman–Crippen LogP) is 5.39. The summed E-state index contributed by atoms with van der Waals surface area (Å²) in [6, 6.07) is 14.0. The molecule has 0 fully saturated rings. The molecule has 0 aliphatic heterocycles. The number of halogens is 1. The van der Waals surface area contributed by atoms with Crippen molar-refractivity contribution in [3.05, 3.63) is 71.0 Å². The van der Waals surface area contributed by atoms with E-state index in [9.17, 15) is 14.0 Å². The van der Waals surface area contributed by atoms with E-state index in [4.69, 9.17) is 0 Å². The third-order valence-electron chi connectivity index (χ3n) is 5.91. The van der Waals surface area contributed by atoms with Crippen molar-refractivity contribution < 1.29 is 14.0 Å². The van der Waals surface area contributed by atoms with E-state index < -0.39 is 6.04 Å². The Hall–Kier alpha value is -2.69. The van der Waals surface area contributed by atoms with Gasteiger partial charge in [-0.2, -0.15) is 0 Å². The van der Waals surface area contributed by atoms with Gasteiger partial charge < -0.3 is 10.2 Å². The van der Waals surface area contributed by atoms with Crippen LogP contribution in [0, 0.1) is 5.82 Å². The fourth-order valence-corrected chi connectivity index (χ4v) is 3.42. The average molecular weight is 441 g/mol. The first-order valence-electron chi connectivity index (χ1n) is 11.5. The number of nitrogens with zero attached hydrogens (tertiary/aromatic N) is 1. The molecule has 0 spiro atoms. The van der Waals surface area contributed by atoms with Crippen LogP contribution in [0.5, 0.6) is 0 Å². The molecule has 2 amide bonds. The van der Waals surface area contributed by atoms with Crippen LogP contribution in [-0.4, -0.2) is 28.8 Å². The molecule has 2 aromatic carbocycles. The number of carbonyl (C=O) groups is 2. The SMILES string of the molecule is CC[C@H](C)NC(=O)[C@@H](C)N(Cc1ccccc1F)C(=O)CCc1ccc(C(C)(C)C)cc1. The first kappa shape index (κ1) is 25.6. The van der Waals surface area contributed by atoms with Crippen molar-refractivity contribution in [2.45, 2.75) is 84.8 Å². The third kappa shape index (κ3) is 7.18. The molecule has 0 saturated heterocycles. The van der Waals surface area contributed by atoms with E-state index in [-0.39, 0.29) is 42.1 Å². The summed E-state index contributed by atoms with van der Waals surface area (Å²) >= 11 is 0. The van der Waals surface area contributed by atoms with Gasteiger partial charge in [0.25, 0.3) is 0 Å². The molecule has 2 aromatic rings. The fraction of sp³-hybridized carbons (Fsp3) is 0.481. The van der Waals surface area contributed by atoms with Gasteiger partial charge in [-0.05, 0) is 49.3 Å². The molecule has 0 saturated carbocycles. The quantitative estimate of drug-likeness (QED) is 0.568. The van der Waals surface area contributed by atoms with Crippen molar-refractivity contribution in [1.29, 1.82) is 0 Å². The molecule has 0 radical (unpaired) electrons. The molecule has 0 bridgehead atoms. The van der Waals surface area contributed by atoms with Crippen LogP contribution < -0.4 is 5.32 Å². The molecule has 174 valence electrons. The van der Waals surface area contributed by atoms with E-state index in [1.54, 1.807) is 25.1 Å². The van der Waals surface area contributed by atoms with Gasteiger partial charge in [-0.25, -0.2) is 4.39 Å². The number of benzene rings is 2. The summed E-state index contributed by atoms with van der Waals surface area (Å²) in [7, 11) is 0. The van der Waals surface area contributed by atoms with Gasteiger partial charge in [0, 0.05) is 24.6 Å². The van der Waals surface area contributed by atoms with Crippen LogP contribution in [0.1, 0.15) is 71.1 Å². The van der Waals surface area contributed by atoms with Gasteiger partial charge >= 0.3 is 0 Å². The largest absolute Gasteiger partial charge is 0.352 e. The van der Waals surface area contributed by atoms with Gasteiger partial charge in [-0.3, -0.25) is 9.59 Å². The number of amides is 2. The fourth-order valence-electron chi connectivity index (χ4n) is 3.42. The Morgan fingerprint density at radius 2 is 1.66 bits per heavy atom. The lowest BCUT2D eigenvalue weighted by molar-refractivity contribution is -0.140. The summed E-state index contributed by atoms with van der Waals surface area (Å²) in [5.41, 5.74) is 2.78. The lowest BCUT2D eigenvalue weighted by atomic mass is 9.86. The molecule has 1 N–H and O–H groups in total. The predicted molar refractivity (Wildman–Crippen MR) is 128 cm³/mol. The first-order chi connectivity index (χ1) is 15.0. The number of nitrogens with one attached hydrogen (secondary N) is 1. The molecule has 2 rings (SSSR count). The molecule has 0 heterocycles. The van der Waals surface area contributed by atoms with E-state index in [1.165, 1.54) is 16.5 Å². The minimum absolute atomic E-state index is 0.0108. The minimum atomic E-state index is -0.695. The van der Waals surface area contributed by atoms with Crippen molar-refractivity contribution in [3.8, 4) is 0 Å². The van der Waals surface area contributed by atoms with Crippen LogP contribution in [0.2, 0.25) is 0 Å². The van der Waals surface area contributed by atoms with Crippen LogP contribution in [0.4, 0.5) is 4.39 Å².